The minimum atomic E-state index is -0.227. The van der Waals surface area contributed by atoms with Crippen molar-refractivity contribution < 1.29 is 9.13 Å². The molecule has 0 heterocycles. The average molecular weight is 193 g/mol. The normalized spacial score (nSPS) is 9.50. The van der Waals surface area contributed by atoms with Crippen LogP contribution in [0.3, 0.4) is 0 Å². The first-order valence-electron chi connectivity index (χ1n) is 4.50. The van der Waals surface area contributed by atoms with Crippen molar-refractivity contribution in [3.8, 4) is 11.8 Å². The van der Waals surface area contributed by atoms with E-state index in [9.17, 15) is 4.39 Å². The van der Waals surface area contributed by atoms with Crippen LogP contribution < -0.4 is 4.74 Å². The smallest absolute Gasteiger partial charge is 0.126 e. The summed E-state index contributed by atoms with van der Waals surface area (Å²) in [7, 11) is 0. The lowest BCUT2D eigenvalue weighted by Gasteiger charge is -2.05. The molecule has 0 atom stereocenters. The SMILES string of the molecule is Cc1cc(OCCCC#N)ccc1F. The Hall–Kier alpha value is -1.56. The molecule has 1 aromatic rings. The molecule has 0 saturated heterocycles. The molecule has 0 aliphatic heterocycles. The summed E-state index contributed by atoms with van der Waals surface area (Å²) >= 11 is 0. The van der Waals surface area contributed by atoms with E-state index >= 15 is 0 Å². The third kappa shape index (κ3) is 3.06. The number of nitrogens with zero attached hydrogens (tertiary/aromatic N) is 1. The molecule has 2 nitrogen and oxygen atoms in total. The number of rotatable bonds is 4. The molecule has 0 spiro atoms. The van der Waals surface area contributed by atoms with E-state index in [4.69, 9.17) is 10.00 Å². The molecule has 0 unspecified atom stereocenters. The largest absolute Gasteiger partial charge is 0.494 e. The maximum absolute atomic E-state index is 12.8. The molecule has 0 fully saturated rings. The second-order valence-electron chi connectivity index (χ2n) is 3.02. The van der Waals surface area contributed by atoms with Crippen LogP contribution in [-0.4, -0.2) is 6.61 Å². The minimum Gasteiger partial charge on any atom is -0.494 e. The van der Waals surface area contributed by atoms with Gasteiger partial charge >= 0.3 is 0 Å². The van der Waals surface area contributed by atoms with Crippen molar-refractivity contribution in [2.75, 3.05) is 6.61 Å². The second kappa shape index (κ2) is 5.23. The first kappa shape index (κ1) is 10.5. The fourth-order valence-corrected chi connectivity index (χ4v) is 1.05. The Kier molecular flexibility index (Phi) is 3.93. The first-order chi connectivity index (χ1) is 6.74. The monoisotopic (exact) mass is 193 g/mol. The van der Waals surface area contributed by atoms with Crippen molar-refractivity contribution >= 4 is 0 Å². The number of hydrogen-bond donors (Lipinski definition) is 0. The number of hydrogen-bond acceptors (Lipinski definition) is 2. The highest BCUT2D eigenvalue weighted by Crippen LogP contribution is 2.15. The van der Waals surface area contributed by atoms with Crippen molar-refractivity contribution in [3.63, 3.8) is 0 Å². The highest BCUT2D eigenvalue weighted by Gasteiger charge is 1.99. The van der Waals surface area contributed by atoms with E-state index < -0.39 is 0 Å². The molecule has 0 radical (unpaired) electrons. The van der Waals surface area contributed by atoms with Gasteiger partial charge in [-0.3, -0.25) is 0 Å². The number of ether oxygens (including phenoxy) is 1. The van der Waals surface area contributed by atoms with Crippen LogP contribution in [0.4, 0.5) is 4.39 Å². The third-order valence-corrected chi connectivity index (χ3v) is 1.83. The van der Waals surface area contributed by atoms with Crippen molar-refractivity contribution in [3.05, 3.63) is 29.6 Å². The lowest BCUT2D eigenvalue weighted by atomic mass is 10.2. The number of unbranched alkanes of at least 4 members (excludes halogenated alkanes) is 1. The number of halogens is 1. The molecule has 0 saturated carbocycles. The van der Waals surface area contributed by atoms with Gasteiger partial charge in [0.2, 0.25) is 0 Å². The summed E-state index contributed by atoms with van der Waals surface area (Å²) in [4.78, 5) is 0. The summed E-state index contributed by atoms with van der Waals surface area (Å²) in [5.74, 6) is 0.427. The van der Waals surface area contributed by atoms with Crippen molar-refractivity contribution in [1.29, 1.82) is 5.26 Å². The van der Waals surface area contributed by atoms with E-state index in [1.807, 2.05) is 6.07 Å². The molecule has 0 amide bonds. The number of aryl methyl sites for hydroxylation is 1. The van der Waals surface area contributed by atoms with Gasteiger partial charge < -0.3 is 4.74 Å². The summed E-state index contributed by atoms with van der Waals surface area (Å²) in [6.45, 7) is 2.19. The molecule has 0 bridgehead atoms. The average Bonchev–Trinajstić information content (AvgIpc) is 2.18. The van der Waals surface area contributed by atoms with Gasteiger partial charge in [-0.15, -0.1) is 0 Å². The maximum atomic E-state index is 12.8. The Morgan fingerprint density at radius 1 is 1.50 bits per heavy atom. The van der Waals surface area contributed by atoms with Gasteiger partial charge in [0.15, 0.2) is 0 Å². The van der Waals surface area contributed by atoms with Crippen LogP contribution in [0.15, 0.2) is 18.2 Å². The Morgan fingerprint density at radius 2 is 2.29 bits per heavy atom. The van der Waals surface area contributed by atoms with Crippen molar-refractivity contribution in [1.82, 2.24) is 0 Å². The third-order valence-electron chi connectivity index (χ3n) is 1.83. The molecule has 0 aliphatic carbocycles. The highest BCUT2D eigenvalue weighted by molar-refractivity contribution is 5.28. The molecule has 0 aliphatic rings. The van der Waals surface area contributed by atoms with E-state index in [1.54, 1.807) is 19.1 Å². The molecular formula is C11H12FNO. The van der Waals surface area contributed by atoms with Crippen LogP contribution >= 0.6 is 0 Å². The van der Waals surface area contributed by atoms with E-state index in [0.717, 1.165) is 0 Å². The number of nitriles is 1. The van der Waals surface area contributed by atoms with Gasteiger partial charge in [0, 0.05) is 6.42 Å². The Labute approximate surface area is 82.9 Å². The first-order valence-corrected chi connectivity index (χ1v) is 4.50. The van der Waals surface area contributed by atoms with Gasteiger partial charge in [-0.25, -0.2) is 4.39 Å². The van der Waals surface area contributed by atoms with Crippen LogP contribution in [0.5, 0.6) is 5.75 Å². The zero-order valence-electron chi connectivity index (χ0n) is 8.09. The van der Waals surface area contributed by atoms with Crippen molar-refractivity contribution in [2.24, 2.45) is 0 Å². The van der Waals surface area contributed by atoms with E-state index in [2.05, 4.69) is 0 Å². The van der Waals surface area contributed by atoms with Crippen LogP contribution in [0.25, 0.3) is 0 Å². The van der Waals surface area contributed by atoms with Crippen LogP contribution in [-0.2, 0) is 0 Å². The summed E-state index contributed by atoms with van der Waals surface area (Å²) in [6, 6.07) is 6.66. The molecule has 0 aromatic heterocycles. The Bertz CT molecular complexity index is 344. The van der Waals surface area contributed by atoms with Crippen LogP contribution in [0.1, 0.15) is 18.4 Å². The molecule has 1 aromatic carbocycles. The van der Waals surface area contributed by atoms with Crippen LogP contribution in [0.2, 0.25) is 0 Å². The standard InChI is InChI=1S/C11H12FNO/c1-9-8-10(4-5-11(9)12)14-7-3-2-6-13/h4-5,8H,2-3,7H2,1H3. The molecule has 14 heavy (non-hydrogen) atoms. The highest BCUT2D eigenvalue weighted by atomic mass is 19.1. The van der Waals surface area contributed by atoms with Gasteiger partial charge in [0.05, 0.1) is 12.7 Å². The molecule has 3 heteroatoms. The van der Waals surface area contributed by atoms with Gasteiger partial charge in [0.1, 0.15) is 11.6 Å². The van der Waals surface area contributed by atoms with Gasteiger partial charge in [-0.05, 0) is 37.1 Å². The maximum Gasteiger partial charge on any atom is 0.126 e. The predicted octanol–water partition coefficient (Wildman–Crippen LogP) is 2.82. The number of benzene rings is 1. The van der Waals surface area contributed by atoms with E-state index in [-0.39, 0.29) is 5.82 Å². The van der Waals surface area contributed by atoms with E-state index in [0.29, 0.717) is 30.8 Å². The zero-order chi connectivity index (χ0) is 10.4. The summed E-state index contributed by atoms with van der Waals surface area (Å²) in [6.07, 6.45) is 1.19. The molecule has 74 valence electrons. The van der Waals surface area contributed by atoms with Gasteiger partial charge in [0.25, 0.3) is 0 Å². The quantitative estimate of drug-likeness (QED) is 0.689. The summed E-state index contributed by atoms with van der Waals surface area (Å²) < 4.78 is 18.2. The van der Waals surface area contributed by atoms with E-state index in [1.165, 1.54) is 6.07 Å². The van der Waals surface area contributed by atoms with Gasteiger partial charge in [-0.2, -0.15) is 5.26 Å². The minimum absolute atomic E-state index is 0.227. The van der Waals surface area contributed by atoms with Gasteiger partial charge in [-0.1, -0.05) is 0 Å². The topological polar surface area (TPSA) is 33.0 Å². The Morgan fingerprint density at radius 3 is 2.93 bits per heavy atom. The van der Waals surface area contributed by atoms with Crippen molar-refractivity contribution in [2.45, 2.75) is 19.8 Å². The zero-order valence-corrected chi connectivity index (χ0v) is 8.09. The lowest BCUT2D eigenvalue weighted by Crippen LogP contribution is -1.97. The molecular weight excluding hydrogens is 181 g/mol. The summed E-state index contributed by atoms with van der Waals surface area (Å²) in [5, 5.41) is 8.29. The van der Waals surface area contributed by atoms with Crippen LogP contribution in [0, 0.1) is 24.1 Å². The summed E-state index contributed by atoms with van der Waals surface area (Å²) in [5.41, 5.74) is 0.572. The molecule has 0 N–H and O–H groups in total. The predicted molar refractivity (Wildman–Crippen MR) is 51.5 cm³/mol. The second-order valence-corrected chi connectivity index (χ2v) is 3.02. The fraction of sp³-hybridized carbons (Fsp3) is 0.364. The fourth-order valence-electron chi connectivity index (χ4n) is 1.05. The lowest BCUT2D eigenvalue weighted by molar-refractivity contribution is 0.312. The molecule has 1 rings (SSSR count). The Balaban J connectivity index is 2.44.